The lowest BCUT2D eigenvalue weighted by atomic mass is 9.83. The van der Waals surface area contributed by atoms with E-state index >= 15 is 4.39 Å². The fourth-order valence-electron chi connectivity index (χ4n) is 17.7. The van der Waals surface area contributed by atoms with Crippen LogP contribution < -0.4 is 37.1 Å². The zero-order valence-corrected chi connectivity index (χ0v) is 70.7. The molecule has 2 unspecified atom stereocenters. The Balaban J connectivity index is 0.000000103. The van der Waals surface area contributed by atoms with Crippen LogP contribution in [0.2, 0.25) is 0 Å². The number of anilines is 1. The number of nitrogen functional groups attached to an aromatic ring is 1. The number of ketones is 2. The molecule has 132 heavy (non-hydrogen) atoms. The van der Waals surface area contributed by atoms with E-state index in [0.717, 1.165) is 81.8 Å². The van der Waals surface area contributed by atoms with Gasteiger partial charge in [0.2, 0.25) is 59.1 Å². The van der Waals surface area contributed by atoms with Crippen molar-refractivity contribution in [3.8, 4) is 5.75 Å². The minimum atomic E-state index is -0.497. The summed E-state index contributed by atoms with van der Waals surface area (Å²) in [6, 6.07) is 34.6. The SMILES string of the molecule is CN(C)CCOc1ccc2c(ccc3onc([C@@H]4CCC(=O)CC4=O)c32)c1F.Cc1cc2ccc3onc(C4CCC(=O)NC4=O)c3c2o1.Cc1cc2ccc3onc([C@@H]4CCC(=O)NC4=O)c3c2o1.Nc1cccc2cc3c([C@H]4CCC(=O)NC4=O)noc3cc12.O=C1CCC(c2noc3ccc4[nH]ncc4c23)C(=O)N1.O=C1CC[C@@H](c2noc3ccc4[nH]ncc4c23)C(=O)N1. The second kappa shape index (κ2) is 35.0. The number of rotatable bonds is 10. The second-order valence-electron chi connectivity index (χ2n) is 33.1. The number of Topliss-reactive ketones (excluding diaryl/α,β-unsaturated/α-hetero) is 2. The number of nitrogens with two attached hydrogens (primary N) is 1. The van der Waals surface area contributed by atoms with Gasteiger partial charge in [-0.2, -0.15) is 10.2 Å². The lowest BCUT2D eigenvalue weighted by Crippen LogP contribution is -2.39. The first-order chi connectivity index (χ1) is 63.8. The van der Waals surface area contributed by atoms with E-state index in [-0.39, 0.29) is 82.8 Å². The number of halogens is 1. The maximum absolute atomic E-state index is 15.0. The quantitative estimate of drug-likeness (QED) is 0.0358. The molecule has 5 aliphatic heterocycles. The molecule has 18 aromatic rings. The van der Waals surface area contributed by atoms with Crippen LogP contribution in [-0.4, -0.2) is 154 Å². The summed E-state index contributed by atoms with van der Waals surface area (Å²) in [5.41, 5.74) is 16.4. The third-order valence-electron chi connectivity index (χ3n) is 24.2. The number of aromatic nitrogens is 10. The molecule has 6 fully saturated rings. The third-order valence-corrected chi connectivity index (χ3v) is 24.2. The van der Waals surface area contributed by atoms with Crippen molar-refractivity contribution in [1.29, 1.82) is 0 Å². The molecule has 39 heteroatoms. The summed E-state index contributed by atoms with van der Waals surface area (Å²) in [6.07, 6.45) is 7.78. The molecular weight excluding hydrogens is 1710 g/mol. The third kappa shape index (κ3) is 16.3. The van der Waals surface area contributed by atoms with Crippen molar-refractivity contribution >= 4 is 207 Å². The molecule has 0 bridgehead atoms. The largest absolute Gasteiger partial charge is 0.489 e. The average Bonchev–Trinajstić information content (AvgIpc) is 1.58. The van der Waals surface area contributed by atoms with E-state index in [0.29, 0.717) is 191 Å². The van der Waals surface area contributed by atoms with Gasteiger partial charge in [-0.15, -0.1) is 0 Å². The van der Waals surface area contributed by atoms with E-state index in [9.17, 15) is 57.5 Å². The summed E-state index contributed by atoms with van der Waals surface area (Å²) in [5.74, 6) is -4.61. The van der Waals surface area contributed by atoms with Gasteiger partial charge in [0, 0.05) is 88.5 Å². The van der Waals surface area contributed by atoms with Crippen LogP contribution in [0.5, 0.6) is 5.75 Å². The van der Waals surface area contributed by atoms with E-state index in [4.69, 9.17) is 46.4 Å². The number of ether oxygens (including phenoxy) is 1. The zero-order valence-electron chi connectivity index (χ0n) is 70.7. The predicted octanol–water partition coefficient (Wildman–Crippen LogP) is 12.8. The summed E-state index contributed by atoms with van der Waals surface area (Å²) in [4.78, 5) is 142. The van der Waals surface area contributed by atoms with Gasteiger partial charge in [0.1, 0.15) is 75.0 Å². The van der Waals surface area contributed by atoms with E-state index in [1.54, 1.807) is 48.8 Å². The Bertz CT molecular complexity index is 7530. The van der Waals surface area contributed by atoms with Gasteiger partial charge >= 0.3 is 0 Å². The van der Waals surface area contributed by atoms with E-state index in [1.807, 2.05) is 112 Å². The standard InChI is InChI=1S/C21H21FN2O4.C16H13N3O3.2C15H12N2O4.2C13H10N4O3/c1-24(2)9-10-27-18-8-5-13-14(20(18)22)6-7-17-19(13)21(23-28-17)15-4-3-12(25)11-16(15)26;17-12-3-1-2-8-6-11-13(7-10(8)12)22-19-15(11)9-4-5-14(20)18-16(9)21;2*1-7-6-8-2-4-10-12(14(8)20-7)13(17-21-10)9-3-5-11(18)16-15(9)19;2*18-10-4-1-6(13(19)15-10)12-11-7-5-14-16-8(7)2-3-9(11)20-17-12/h5-8,15H,3-4,9-11H2,1-2H3;1-3,6-7,9H,4-5,17H2,(H,18,20,21);2*2,4,6,9H,3,5H2,1H3,(H,16,18,19);2*2-3,5-6H,1,4H2,(H,14,16)(H,15,18,19)/t15-;2*9-;;6-;/m110.0./s1. The predicted molar refractivity (Wildman–Crippen MR) is 468 cm³/mol. The van der Waals surface area contributed by atoms with Gasteiger partial charge in [-0.1, -0.05) is 43.1 Å². The van der Waals surface area contributed by atoms with Crippen LogP contribution in [0.1, 0.15) is 165 Å². The molecule has 24 rings (SSSR count). The first-order valence-electron chi connectivity index (χ1n) is 42.4. The Morgan fingerprint density at radius 3 is 1.23 bits per heavy atom. The van der Waals surface area contributed by atoms with Crippen molar-refractivity contribution < 1.29 is 103 Å². The number of benzene rings is 8. The summed E-state index contributed by atoms with van der Waals surface area (Å²) < 4.78 is 64.1. The topological polar surface area (TPSA) is 543 Å². The monoisotopic (exact) mass is 1790 g/mol. The fourth-order valence-corrected chi connectivity index (χ4v) is 17.7. The number of aryl methyl sites for hydroxylation is 2. The Morgan fingerprint density at radius 1 is 0.394 bits per heavy atom. The molecule has 9 N–H and O–H groups in total. The number of aromatic amines is 2. The zero-order chi connectivity index (χ0) is 91.6. The van der Waals surface area contributed by atoms with Crippen LogP contribution in [0, 0.1) is 19.7 Å². The first-order valence-corrected chi connectivity index (χ1v) is 42.4. The summed E-state index contributed by atoms with van der Waals surface area (Å²) in [7, 11) is 3.84. The van der Waals surface area contributed by atoms with Gasteiger partial charge in [0.15, 0.2) is 45.1 Å². The van der Waals surface area contributed by atoms with Crippen LogP contribution in [0.25, 0.3) is 131 Å². The Morgan fingerprint density at radius 2 is 0.780 bits per heavy atom. The van der Waals surface area contributed by atoms with Crippen LogP contribution in [0.3, 0.4) is 0 Å². The summed E-state index contributed by atoms with van der Waals surface area (Å²) in [5, 5.41) is 60.7. The lowest BCUT2D eigenvalue weighted by molar-refractivity contribution is -0.136. The molecule has 15 heterocycles. The van der Waals surface area contributed by atoms with E-state index < -0.39 is 41.3 Å². The van der Waals surface area contributed by atoms with Crippen LogP contribution in [0.15, 0.2) is 164 Å². The normalized spacial score (nSPS) is 19.0. The number of H-pyrrole nitrogens is 2. The van der Waals surface area contributed by atoms with Crippen molar-refractivity contribution in [2.75, 3.05) is 33.0 Å². The highest BCUT2D eigenvalue weighted by Crippen LogP contribution is 2.44. The van der Waals surface area contributed by atoms with Gasteiger partial charge in [0.25, 0.3) is 0 Å². The summed E-state index contributed by atoms with van der Waals surface area (Å²) in [6.45, 7) is 4.78. The average molecular weight is 1790 g/mol. The smallest absolute Gasteiger partial charge is 0.235 e. The maximum atomic E-state index is 15.0. The van der Waals surface area contributed by atoms with E-state index in [1.165, 1.54) is 0 Å². The Kier molecular flexibility index (Phi) is 22.6. The molecule has 1 saturated carbocycles. The van der Waals surface area contributed by atoms with Gasteiger partial charge in [0.05, 0.1) is 92.3 Å². The van der Waals surface area contributed by atoms with Crippen molar-refractivity contribution in [1.82, 2.24) is 82.8 Å². The van der Waals surface area contributed by atoms with Gasteiger partial charge in [-0.25, -0.2) is 4.39 Å². The van der Waals surface area contributed by atoms with Crippen molar-refractivity contribution in [2.24, 2.45) is 0 Å². The molecule has 0 spiro atoms. The fraction of sp³-hybridized carbons (Fsp3) is 0.269. The lowest BCUT2D eigenvalue weighted by Gasteiger charge is -2.18. The molecular formula is C93H78FN17O21. The molecule has 1 aliphatic carbocycles. The summed E-state index contributed by atoms with van der Waals surface area (Å²) >= 11 is 0. The van der Waals surface area contributed by atoms with Crippen LogP contribution >= 0.6 is 0 Å². The highest BCUT2D eigenvalue weighted by molar-refractivity contribution is 6.15. The maximum Gasteiger partial charge on any atom is 0.235 e. The van der Waals surface area contributed by atoms with Gasteiger partial charge in [-0.05, 0) is 180 Å². The van der Waals surface area contributed by atoms with Crippen LogP contribution in [0.4, 0.5) is 10.1 Å². The molecule has 38 nitrogen and oxygen atoms in total. The number of hydrogen-bond acceptors (Lipinski definition) is 31. The van der Waals surface area contributed by atoms with Crippen LogP contribution in [-0.2, 0) is 57.5 Å². The molecule has 6 aliphatic rings. The number of nitrogens with zero attached hydrogens (tertiary/aromatic N) is 9. The molecule has 668 valence electrons. The number of nitrogens with one attached hydrogen (secondary N) is 7. The van der Waals surface area contributed by atoms with Gasteiger partial charge < -0.3 is 51.3 Å². The molecule has 6 atom stereocenters. The molecule has 8 aromatic carbocycles. The molecule has 10 aromatic heterocycles. The van der Waals surface area contributed by atoms with Gasteiger partial charge in [-0.3, -0.25) is 94.3 Å². The van der Waals surface area contributed by atoms with Crippen molar-refractivity contribution in [2.45, 2.75) is 133 Å². The number of likely N-dealkylation sites (N-methyl/N-ethyl adjacent to an activating group) is 1. The first kappa shape index (κ1) is 85.1. The molecule has 10 amide bonds. The number of carbonyl (C=O) groups excluding carboxylic acids is 12. The molecule has 5 saturated heterocycles. The second-order valence-corrected chi connectivity index (χ2v) is 33.1. The minimum absolute atomic E-state index is 0.0514. The number of piperidine rings is 5. The number of amides is 10. The number of carbonyl (C=O) groups is 12. The highest BCUT2D eigenvalue weighted by Gasteiger charge is 2.40. The number of furan rings is 2. The molecule has 0 radical (unpaired) electrons. The van der Waals surface area contributed by atoms with E-state index in [2.05, 4.69) is 77.9 Å². The Labute approximate surface area is 740 Å². The Hall–Kier alpha value is -16.4. The number of fused-ring (bicyclic) bond motifs is 17. The highest BCUT2D eigenvalue weighted by atomic mass is 19.1. The van der Waals surface area contributed by atoms with Crippen molar-refractivity contribution in [3.05, 3.63) is 179 Å². The van der Waals surface area contributed by atoms with Crippen molar-refractivity contribution in [3.63, 3.8) is 0 Å². The number of imide groups is 5. The number of hydrogen-bond donors (Lipinski definition) is 8. The minimum Gasteiger partial charge on any atom is -0.489 e.